The fourth-order valence-electron chi connectivity index (χ4n) is 3.19. The molecule has 0 aromatic heterocycles. The van der Waals surface area contributed by atoms with Crippen molar-refractivity contribution < 1.29 is 9.53 Å². The smallest absolute Gasteiger partial charge is 0.255 e. The maximum absolute atomic E-state index is 13.3. The summed E-state index contributed by atoms with van der Waals surface area (Å²) < 4.78 is 5.63. The first kappa shape index (κ1) is 21.2. The van der Waals surface area contributed by atoms with E-state index in [4.69, 9.17) is 16.3 Å². The number of halogens is 1. The van der Waals surface area contributed by atoms with Gasteiger partial charge in [-0.3, -0.25) is 4.79 Å². The molecule has 2 rings (SSSR count). The van der Waals surface area contributed by atoms with Crippen LogP contribution in [0, 0.1) is 13.8 Å². The van der Waals surface area contributed by atoms with Crippen LogP contribution in [0.2, 0.25) is 5.02 Å². The molecule has 0 radical (unpaired) electrons. The van der Waals surface area contributed by atoms with Crippen molar-refractivity contribution in [1.29, 1.82) is 0 Å². The molecule has 0 saturated carbocycles. The Morgan fingerprint density at radius 1 is 1.19 bits per heavy atom. The summed E-state index contributed by atoms with van der Waals surface area (Å²) in [5.41, 5.74) is 3.97. The number of hydrogen-bond acceptors (Lipinski definition) is 2. The zero-order valence-electron chi connectivity index (χ0n) is 16.4. The first-order valence-electron chi connectivity index (χ1n) is 9.27. The van der Waals surface area contributed by atoms with Crippen LogP contribution in [-0.4, -0.2) is 30.2 Å². The summed E-state index contributed by atoms with van der Waals surface area (Å²) in [6, 6.07) is 13.6. The molecule has 27 heavy (non-hydrogen) atoms. The van der Waals surface area contributed by atoms with Gasteiger partial charge in [-0.1, -0.05) is 47.0 Å². The molecule has 1 amide bonds. The molecule has 4 heteroatoms. The van der Waals surface area contributed by atoms with Crippen molar-refractivity contribution in [3.63, 3.8) is 0 Å². The van der Waals surface area contributed by atoms with Crippen molar-refractivity contribution in [1.82, 2.24) is 4.90 Å². The topological polar surface area (TPSA) is 29.5 Å². The van der Waals surface area contributed by atoms with Gasteiger partial charge < -0.3 is 9.64 Å². The van der Waals surface area contributed by atoms with Crippen LogP contribution in [0.4, 0.5) is 0 Å². The van der Waals surface area contributed by atoms with Crippen LogP contribution in [0.15, 0.2) is 55.1 Å². The number of benzene rings is 2. The minimum Gasteiger partial charge on any atom is -0.361 e. The highest BCUT2D eigenvalue weighted by molar-refractivity contribution is 6.30. The van der Waals surface area contributed by atoms with Gasteiger partial charge in [-0.05, 0) is 63.4 Å². The van der Waals surface area contributed by atoms with E-state index in [0.29, 0.717) is 30.0 Å². The lowest BCUT2D eigenvalue weighted by molar-refractivity contribution is 0.0122. The van der Waals surface area contributed by atoms with Gasteiger partial charge in [0.2, 0.25) is 0 Å². The predicted octanol–water partition coefficient (Wildman–Crippen LogP) is 5.58. The quantitative estimate of drug-likeness (QED) is 0.416. The number of amides is 1. The SMILES string of the molecule is C=CCC(Cc1ccc(Cl)cc1)N(COCC)C(=O)c1cc(C)cc(C)c1. The Balaban J connectivity index is 2.32. The molecule has 2 aromatic rings. The molecule has 0 spiro atoms. The monoisotopic (exact) mass is 385 g/mol. The van der Waals surface area contributed by atoms with Crippen molar-refractivity contribution in [2.24, 2.45) is 0 Å². The van der Waals surface area contributed by atoms with Crippen LogP contribution in [0.25, 0.3) is 0 Å². The highest BCUT2D eigenvalue weighted by atomic mass is 35.5. The highest BCUT2D eigenvalue weighted by Crippen LogP contribution is 2.19. The molecule has 0 aliphatic carbocycles. The fourth-order valence-corrected chi connectivity index (χ4v) is 3.32. The maximum Gasteiger partial charge on any atom is 0.255 e. The van der Waals surface area contributed by atoms with Crippen molar-refractivity contribution in [2.75, 3.05) is 13.3 Å². The molecule has 0 saturated heterocycles. The number of ether oxygens (including phenoxy) is 1. The number of rotatable bonds is 9. The van der Waals surface area contributed by atoms with E-state index in [1.54, 1.807) is 0 Å². The van der Waals surface area contributed by atoms with Crippen molar-refractivity contribution in [3.05, 3.63) is 82.4 Å². The molecule has 0 aliphatic heterocycles. The second-order valence-electron chi connectivity index (χ2n) is 6.78. The van der Waals surface area contributed by atoms with E-state index in [0.717, 1.165) is 16.7 Å². The van der Waals surface area contributed by atoms with E-state index in [1.165, 1.54) is 0 Å². The molecule has 2 aromatic carbocycles. The molecular weight excluding hydrogens is 358 g/mol. The van der Waals surface area contributed by atoms with Gasteiger partial charge in [0.25, 0.3) is 5.91 Å². The van der Waals surface area contributed by atoms with Gasteiger partial charge >= 0.3 is 0 Å². The lowest BCUT2D eigenvalue weighted by Gasteiger charge is -2.31. The summed E-state index contributed by atoms with van der Waals surface area (Å²) in [5.74, 6) is -0.0175. The third kappa shape index (κ3) is 6.23. The molecule has 0 N–H and O–H groups in total. The van der Waals surface area contributed by atoms with Gasteiger partial charge in [0.05, 0.1) is 0 Å². The second-order valence-corrected chi connectivity index (χ2v) is 7.22. The van der Waals surface area contributed by atoms with Crippen LogP contribution >= 0.6 is 11.6 Å². The summed E-state index contributed by atoms with van der Waals surface area (Å²) in [5, 5.41) is 0.705. The fraction of sp³-hybridized carbons (Fsp3) is 0.348. The van der Waals surface area contributed by atoms with Gasteiger partial charge in [0.15, 0.2) is 0 Å². The zero-order chi connectivity index (χ0) is 19.8. The van der Waals surface area contributed by atoms with Crippen LogP contribution in [0.5, 0.6) is 0 Å². The summed E-state index contributed by atoms with van der Waals surface area (Å²) in [4.78, 5) is 15.1. The van der Waals surface area contributed by atoms with E-state index in [2.05, 4.69) is 12.6 Å². The molecule has 0 bridgehead atoms. The normalized spacial score (nSPS) is 11.9. The van der Waals surface area contributed by atoms with E-state index < -0.39 is 0 Å². The Morgan fingerprint density at radius 2 is 1.81 bits per heavy atom. The molecule has 0 fully saturated rings. The number of carbonyl (C=O) groups excluding carboxylic acids is 1. The van der Waals surface area contributed by atoms with E-state index >= 15 is 0 Å². The van der Waals surface area contributed by atoms with Gasteiger partial charge in [-0.15, -0.1) is 6.58 Å². The maximum atomic E-state index is 13.3. The largest absolute Gasteiger partial charge is 0.361 e. The van der Waals surface area contributed by atoms with Crippen LogP contribution in [0.1, 0.15) is 40.4 Å². The van der Waals surface area contributed by atoms with Crippen LogP contribution < -0.4 is 0 Å². The lowest BCUT2D eigenvalue weighted by atomic mass is 10.00. The van der Waals surface area contributed by atoms with Gasteiger partial charge in [0.1, 0.15) is 6.73 Å². The molecule has 1 unspecified atom stereocenters. The summed E-state index contributed by atoms with van der Waals surface area (Å²) in [6.45, 7) is 10.6. The molecule has 1 atom stereocenters. The van der Waals surface area contributed by atoms with E-state index in [1.807, 2.05) is 68.1 Å². The van der Waals surface area contributed by atoms with E-state index in [9.17, 15) is 4.79 Å². The number of carbonyl (C=O) groups is 1. The molecular formula is C23H28ClNO2. The zero-order valence-corrected chi connectivity index (χ0v) is 17.1. The van der Waals surface area contributed by atoms with Crippen LogP contribution in [0.3, 0.4) is 0 Å². The minimum absolute atomic E-state index is 0.0175. The average molecular weight is 386 g/mol. The third-order valence-electron chi connectivity index (χ3n) is 4.43. The average Bonchev–Trinajstić information content (AvgIpc) is 2.63. The molecule has 3 nitrogen and oxygen atoms in total. The standard InChI is InChI=1S/C23H28ClNO2/c1-5-7-22(15-19-8-10-21(24)11-9-19)25(16-27-6-2)23(26)20-13-17(3)12-18(4)14-20/h5,8-14,22H,1,6-7,15-16H2,2-4H3. The molecule has 0 aliphatic rings. The van der Waals surface area contributed by atoms with E-state index in [-0.39, 0.29) is 18.7 Å². The van der Waals surface area contributed by atoms with Crippen molar-refractivity contribution >= 4 is 17.5 Å². The highest BCUT2D eigenvalue weighted by Gasteiger charge is 2.25. The predicted molar refractivity (Wildman–Crippen MR) is 112 cm³/mol. The Hall–Kier alpha value is -2.10. The Morgan fingerprint density at radius 3 is 2.37 bits per heavy atom. The van der Waals surface area contributed by atoms with Crippen molar-refractivity contribution in [3.8, 4) is 0 Å². The number of nitrogens with zero attached hydrogens (tertiary/aromatic N) is 1. The van der Waals surface area contributed by atoms with Gasteiger partial charge in [0, 0.05) is 23.2 Å². The Bertz CT molecular complexity index is 750. The summed E-state index contributed by atoms with van der Waals surface area (Å²) in [7, 11) is 0. The molecule has 144 valence electrons. The molecule has 0 heterocycles. The van der Waals surface area contributed by atoms with Crippen LogP contribution in [-0.2, 0) is 11.2 Å². The summed E-state index contributed by atoms with van der Waals surface area (Å²) in [6.07, 6.45) is 3.26. The number of aryl methyl sites for hydroxylation is 2. The van der Waals surface area contributed by atoms with Crippen molar-refractivity contribution in [2.45, 2.75) is 39.7 Å². The summed E-state index contributed by atoms with van der Waals surface area (Å²) >= 11 is 6.00. The lowest BCUT2D eigenvalue weighted by Crippen LogP contribution is -2.43. The minimum atomic E-state index is -0.0384. The Labute approximate surface area is 167 Å². The second kappa shape index (κ2) is 10.3. The first-order chi connectivity index (χ1) is 12.9. The van der Waals surface area contributed by atoms with Gasteiger partial charge in [-0.25, -0.2) is 0 Å². The number of hydrogen-bond donors (Lipinski definition) is 0. The van der Waals surface area contributed by atoms with Gasteiger partial charge in [-0.2, -0.15) is 0 Å². The first-order valence-corrected chi connectivity index (χ1v) is 9.64. The third-order valence-corrected chi connectivity index (χ3v) is 4.68. The Kier molecular flexibility index (Phi) is 8.08.